The number of alkyl halides is 5. The largest absolute Gasteiger partial charge is 0.490 e. The van der Waals surface area contributed by atoms with E-state index in [-0.39, 0.29) is 24.2 Å². The maximum Gasteiger partial charge on any atom is 0.453 e. The summed E-state index contributed by atoms with van der Waals surface area (Å²) in [4.78, 5) is 0. The fourth-order valence-electron chi connectivity index (χ4n) is 2.71. The van der Waals surface area contributed by atoms with Gasteiger partial charge in [-0.15, -0.1) is 10.2 Å². The summed E-state index contributed by atoms with van der Waals surface area (Å²) in [7, 11) is 0. The molecule has 0 bridgehead atoms. The maximum atomic E-state index is 12.9. The van der Waals surface area contributed by atoms with Gasteiger partial charge >= 0.3 is 6.18 Å². The number of hydrogen-bond acceptors (Lipinski definition) is 4. The molecule has 0 spiro atoms. The van der Waals surface area contributed by atoms with E-state index in [1.165, 1.54) is 12.1 Å². The van der Waals surface area contributed by atoms with Gasteiger partial charge < -0.3 is 4.74 Å². The number of ether oxygens (including phenoxy) is 1. The van der Waals surface area contributed by atoms with Crippen molar-refractivity contribution in [2.75, 3.05) is 0 Å². The molecule has 0 atom stereocenters. The highest BCUT2D eigenvalue weighted by molar-refractivity contribution is 5.61. The van der Waals surface area contributed by atoms with E-state index in [4.69, 9.17) is 4.74 Å². The SMILES string of the molecule is FC1(F)CC(Oc2ccc(-c3ccc4nnc(C(F)(F)F)n4n3)cc2)C1. The third kappa shape index (κ3) is 3.06. The molecular weight excluding hydrogens is 359 g/mol. The first-order valence-electron chi connectivity index (χ1n) is 7.66. The number of nitrogens with zero attached hydrogens (tertiary/aromatic N) is 4. The fourth-order valence-corrected chi connectivity index (χ4v) is 2.71. The highest BCUT2D eigenvalue weighted by Crippen LogP contribution is 2.39. The lowest BCUT2D eigenvalue weighted by molar-refractivity contribution is -0.146. The number of rotatable bonds is 3. The Balaban J connectivity index is 1.57. The second kappa shape index (κ2) is 5.61. The Bertz CT molecular complexity index is 943. The van der Waals surface area contributed by atoms with Crippen molar-refractivity contribution >= 4 is 5.65 Å². The molecule has 0 saturated heterocycles. The second-order valence-corrected chi connectivity index (χ2v) is 6.04. The molecule has 0 amide bonds. The number of aromatic nitrogens is 4. The molecule has 1 fully saturated rings. The van der Waals surface area contributed by atoms with Crippen molar-refractivity contribution in [1.82, 2.24) is 19.8 Å². The normalized spacial score (nSPS) is 17.3. The van der Waals surface area contributed by atoms with Crippen LogP contribution in [0.15, 0.2) is 36.4 Å². The highest BCUT2D eigenvalue weighted by Gasteiger charge is 2.47. The molecule has 1 aromatic carbocycles. The molecule has 1 saturated carbocycles. The van der Waals surface area contributed by atoms with Gasteiger partial charge in [-0.05, 0) is 36.4 Å². The van der Waals surface area contributed by atoms with Gasteiger partial charge in [0.2, 0.25) is 0 Å². The van der Waals surface area contributed by atoms with Crippen LogP contribution in [0.3, 0.4) is 0 Å². The zero-order valence-electron chi connectivity index (χ0n) is 13.0. The van der Waals surface area contributed by atoms with Crippen molar-refractivity contribution in [2.45, 2.75) is 31.0 Å². The van der Waals surface area contributed by atoms with Gasteiger partial charge in [0.25, 0.3) is 11.7 Å². The molecule has 10 heteroatoms. The highest BCUT2D eigenvalue weighted by atomic mass is 19.4. The molecule has 1 aliphatic carbocycles. The standard InChI is InChI=1S/C16H11F5N4O/c17-15(18)7-11(8-15)26-10-3-1-9(2-4-10)12-5-6-13-22-23-14(16(19,20)21)25(13)24-12/h1-6,11H,7-8H2. The molecule has 0 aliphatic heterocycles. The number of benzene rings is 1. The van der Waals surface area contributed by atoms with Crippen LogP contribution in [0, 0.1) is 0 Å². The third-order valence-electron chi connectivity index (χ3n) is 4.02. The number of fused-ring (bicyclic) bond motifs is 1. The first-order chi connectivity index (χ1) is 12.2. The summed E-state index contributed by atoms with van der Waals surface area (Å²) in [5, 5.41) is 10.5. The molecule has 3 aromatic rings. The molecule has 2 heterocycles. The van der Waals surface area contributed by atoms with Crippen molar-refractivity contribution < 1.29 is 26.7 Å². The lowest BCUT2D eigenvalue weighted by Gasteiger charge is -2.34. The smallest absolute Gasteiger partial charge is 0.453 e. The Morgan fingerprint density at radius 3 is 2.31 bits per heavy atom. The second-order valence-electron chi connectivity index (χ2n) is 6.04. The average Bonchev–Trinajstić information content (AvgIpc) is 2.97. The van der Waals surface area contributed by atoms with Crippen LogP contribution >= 0.6 is 0 Å². The zero-order valence-corrected chi connectivity index (χ0v) is 13.0. The molecule has 5 nitrogen and oxygen atoms in total. The molecule has 26 heavy (non-hydrogen) atoms. The van der Waals surface area contributed by atoms with E-state index in [2.05, 4.69) is 15.3 Å². The lowest BCUT2D eigenvalue weighted by atomic mass is 9.91. The zero-order chi connectivity index (χ0) is 18.5. The van der Waals surface area contributed by atoms with Crippen LogP contribution in [0.25, 0.3) is 16.9 Å². The lowest BCUT2D eigenvalue weighted by Crippen LogP contribution is -2.43. The van der Waals surface area contributed by atoms with Gasteiger partial charge in [-0.3, -0.25) is 0 Å². The van der Waals surface area contributed by atoms with Crippen molar-refractivity contribution in [2.24, 2.45) is 0 Å². The minimum Gasteiger partial charge on any atom is -0.490 e. The summed E-state index contributed by atoms with van der Waals surface area (Å²) in [5.41, 5.74) is 0.802. The Morgan fingerprint density at radius 1 is 1.00 bits per heavy atom. The first kappa shape index (κ1) is 16.7. The van der Waals surface area contributed by atoms with Crippen LogP contribution in [-0.2, 0) is 6.18 Å². The molecule has 0 N–H and O–H groups in total. The quantitative estimate of drug-likeness (QED) is 0.655. The minimum atomic E-state index is -4.67. The van der Waals surface area contributed by atoms with Crippen molar-refractivity contribution in [3.05, 3.63) is 42.2 Å². The van der Waals surface area contributed by atoms with Gasteiger partial charge in [0.1, 0.15) is 11.9 Å². The average molecular weight is 370 g/mol. The van der Waals surface area contributed by atoms with Gasteiger partial charge in [0.15, 0.2) is 5.65 Å². The monoisotopic (exact) mass is 370 g/mol. The summed E-state index contributed by atoms with van der Waals surface area (Å²) < 4.78 is 70.4. The van der Waals surface area contributed by atoms with E-state index in [1.54, 1.807) is 24.3 Å². The van der Waals surface area contributed by atoms with E-state index in [0.717, 1.165) is 0 Å². The van der Waals surface area contributed by atoms with Gasteiger partial charge in [-0.25, -0.2) is 8.78 Å². The summed E-state index contributed by atoms with van der Waals surface area (Å²) >= 11 is 0. The Morgan fingerprint density at radius 2 is 1.69 bits per heavy atom. The predicted octanol–water partition coefficient (Wildman–Crippen LogP) is 3.99. The van der Waals surface area contributed by atoms with E-state index < -0.39 is 24.0 Å². The molecule has 2 aromatic heterocycles. The fraction of sp³-hybridized carbons (Fsp3) is 0.312. The summed E-state index contributed by atoms with van der Waals surface area (Å²) in [5.74, 6) is -3.46. The van der Waals surface area contributed by atoms with Crippen LogP contribution in [-0.4, -0.2) is 31.8 Å². The Kier molecular flexibility index (Phi) is 3.60. The van der Waals surface area contributed by atoms with Gasteiger partial charge in [0, 0.05) is 18.4 Å². The Hall–Kier alpha value is -2.78. The van der Waals surface area contributed by atoms with Crippen LogP contribution in [0.5, 0.6) is 5.75 Å². The van der Waals surface area contributed by atoms with Crippen molar-refractivity contribution in [1.29, 1.82) is 0 Å². The first-order valence-corrected chi connectivity index (χ1v) is 7.66. The topological polar surface area (TPSA) is 52.3 Å². The van der Waals surface area contributed by atoms with Crippen LogP contribution in [0.1, 0.15) is 18.7 Å². The summed E-state index contributed by atoms with van der Waals surface area (Å²) in [6, 6.07) is 9.22. The van der Waals surface area contributed by atoms with E-state index in [9.17, 15) is 22.0 Å². The number of hydrogen-bond donors (Lipinski definition) is 0. The molecule has 1 aliphatic rings. The molecule has 0 radical (unpaired) electrons. The van der Waals surface area contributed by atoms with Gasteiger partial charge in [-0.2, -0.15) is 22.8 Å². The maximum absolute atomic E-state index is 12.9. The predicted molar refractivity (Wildman–Crippen MR) is 79.8 cm³/mol. The number of halogens is 5. The van der Waals surface area contributed by atoms with Crippen molar-refractivity contribution in [3.63, 3.8) is 0 Å². The minimum absolute atomic E-state index is 0.0214. The van der Waals surface area contributed by atoms with Gasteiger partial charge in [-0.1, -0.05) is 0 Å². The van der Waals surface area contributed by atoms with E-state index in [0.29, 0.717) is 15.8 Å². The third-order valence-corrected chi connectivity index (χ3v) is 4.02. The van der Waals surface area contributed by atoms with E-state index in [1.807, 2.05) is 0 Å². The summed E-state index contributed by atoms with van der Waals surface area (Å²) in [6.07, 6.45) is -5.84. The Labute approximate surface area is 143 Å². The molecular formula is C16H11F5N4O. The van der Waals surface area contributed by atoms with Crippen molar-refractivity contribution in [3.8, 4) is 17.0 Å². The van der Waals surface area contributed by atoms with Crippen LogP contribution in [0.2, 0.25) is 0 Å². The van der Waals surface area contributed by atoms with Crippen LogP contribution < -0.4 is 4.74 Å². The van der Waals surface area contributed by atoms with Crippen LogP contribution in [0.4, 0.5) is 22.0 Å². The summed E-state index contributed by atoms with van der Waals surface area (Å²) in [6.45, 7) is 0. The van der Waals surface area contributed by atoms with E-state index >= 15 is 0 Å². The molecule has 4 rings (SSSR count). The molecule has 0 unspecified atom stereocenters. The van der Waals surface area contributed by atoms with Gasteiger partial charge in [0.05, 0.1) is 5.69 Å². The molecule has 136 valence electrons.